The van der Waals surface area contributed by atoms with Crippen molar-refractivity contribution >= 4 is 11.9 Å². The summed E-state index contributed by atoms with van der Waals surface area (Å²) >= 11 is 0. The van der Waals surface area contributed by atoms with E-state index in [4.69, 9.17) is 4.74 Å². The minimum absolute atomic E-state index is 0.0438. The van der Waals surface area contributed by atoms with Crippen molar-refractivity contribution in [3.8, 4) is 0 Å². The number of Topliss-reactive ketones (excluding diaryl/α,β-unsaturated/α-hetero) is 1. The van der Waals surface area contributed by atoms with E-state index in [9.17, 15) is 9.59 Å². The Morgan fingerprint density at radius 3 is 2.55 bits per heavy atom. The number of ketones is 1. The normalized spacial score (nSPS) is 10.3. The molecule has 1 rings (SSSR count). The topological polar surface area (TPSA) is 55.4 Å². The summed E-state index contributed by atoms with van der Waals surface area (Å²) in [6.45, 7) is 4.52. The molecule has 0 aliphatic heterocycles. The predicted octanol–water partition coefficient (Wildman–Crippen LogP) is 3.31. The zero-order valence-electron chi connectivity index (χ0n) is 12.2. The highest BCUT2D eigenvalue weighted by Gasteiger charge is 2.07. The van der Waals surface area contributed by atoms with Crippen LogP contribution in [-0.2, 0) is 16.1 Å². The van der Waals surface area contributed by atoms with Gasteiger partial charge in [-0.15, -0.1) is 0 Å². The molecule has 4 nitrogen and oxygen atoms in total. The minimum atomic E-state index is -0.550. The summed E-state index contributed by atoms with van der Waals surface area (Å²) in [5.74, 6) is 0.647. The van der Waals surface area contributed by atoms with Crippen molar-refractivity contribution in [1.29, 1.82) is 0 Å². The molecule has 4 heteroatoms. The van der Waals surface area contributed by atoms with Crippen LogP contribution >= 0.6 is 0 Å². The van der Waals surface area contributed by atoms with Crippen molar-refractivity contribution in [2.45, 2.75) is 39.7 Å². The van der Waals surface area contributed by atoms with Crippen LogP contribution in [0, 0.1) is 5.92 Å². The molecule has 0 spiro atoms. The van der Waals surface area contributed by atoms with Gasteiger partial charge in [0.2, 0.25) is 0 Å². The third-order valence-electron chi connectivity index (χ3n) is 2.88. The third-order valence-corrected chi connectivity index (χ3v) is 2.88. The molecule has 1 amide bonds. The van der Waals surface area contributed by atoms with Crippen LogP contribution in [0.3, 0.4) is 0 Å². The number of carbonyl (C=O) groups is 2. The quantitative estimate of drug-likeness (QED) is 0.793. The van der Waals surface area contributed by atoms with E-state index in [0.717, 1.165) is 18.4 Å². The van der Waals surface area contributed by atoms with Gasteiger partial charge in [-0.25, -0.2) is 4.79 Å². The van der Waals surface area contributed by atoms with Crippen LogP contribution in [0.25, 0.3) is 0 Å². The Kier molecular flexibility index (Phi) is 7.40. The van der Waals surface area contributed by atoms with Gasteiger partial charge in [0.25, 0.3) is 0 Å². The molecular weight excluding hydrogens is 254 g/mol. The molecule has 1 N–H and O–H groups in total. The molecule has 0 saturated heterocycles. The summed E-state index contributed by atoms with van der Waals surface area (Å²) < 4.78 is 5.02. The van der Waals surface area contributed by atoms with Gasteiger partial charge < -0.3 is 10.1 Å². The fraction of sp³-hybridized carbons (Fsp3) is 0.500. The molecule has 20 heavy (non-hydrogen) atoms. The lowest BCUT2D eigenvalue weighted by Crippen LogP contribution is -2.29. The predicted molar refractivity (Wildman–Crippen MR) is 78.3 cm³/mol. The van der Waals surface area contributed by atoms with Gasteiger partial charge in [-0.1, -0.05) is 50.6 Å². The maximum atomic E-state index is 11.5. The van der Waals surface area contributed by atoms with Crippen LogP contribution in [0.2, 0.25) is 0 Å². The molecule has 0 saturated carbocycles. The summed E-state index contributed by atoms with van der Waals surface area (Å²) in [6, 6.07) is 9.43. The van der Waals surface area contributed by atoms with Crippen molar-refractivity contribution in [2.24, 2.45) is 5.92 Å². The number of alkyl carbamates (subject to hydrolysis) is 1. The third kappa shape index (κ3) is 7.56. The fourth-order valence-electron chi connectivity index (χ4n) is 1.74. The first-order valence-corrected chi connectivity index (χ1v) is 7.04. The molecule has 0 heterocycles. The first-order valence-electron chi connectivity index (χ1n) is 7.04. The van der Waals surface area contributed by atoms with E-state index in [1.54, 1.807) is 0 Å². The number of carbonyl (C=O) groups excluding carboxylic acids is 2. The van der Waals surface area contributed by atoms with Crippen molar-refractivity contribution in [1.82, 2.24) is 5.32 Å². The molecule has 0 radical (unpaired) electrons. The second-order valence-electron chi connectivity index (χ2n) is 5.24. The van der Waals surface area contributed by atoms with Crippen molar-refractivity contribution < 1.29 is 14.3 Å². The van der Waals surface area contributed by atoms with E-state index in [1.807, 2.05) is 30.3 Å². The van der Waals surface area contributed by atoms with Crippen LogP contribution in [0.5, 0.6) is 0 Å². The second-order valence-corrected chi connectivity index (χ2v) is 5.24. The van der Waals surface area contributed by atoms with Gasteiger partial charge in [0, 0.05) is 6.42 Å². The number of ether oxygens (including phenoxy) is 1. The molecule has 110 valence electrons. The summed E-state index contributed by atoms with van der Waals surface area (Å²) in [6.07, 6.45) is 1.87. The zero-order chi connectivity index (χ0) is 14.8. The Balaban J connectivity index is 2.12. The van der Waals surface area contributed by atoms with E-state index >= 15 is 0 Å². The maximum Gasteiger partial charge on any atom is 0.407 e. The van der Waals surface area contributed by atoms with Gasteiger partial charge >= 0.3 is 6.09 Å². The van der Waals surface area contributed by atoms with Crippen LogP contribution in [0.1, 0.15) is 38.7 Å². The molecular formula is C16H23NO3. The highest BCUT2D eigenvalue weighted by Crippen LogP contribution is 2.06. The first-order chi connectivity index (χ1) is 9.58. The lowest BCUT2D eigenvalue weighted by Gasteiger charge is -2.07. The summed E-state index contributed by atoms with van der Waals surface area (Å²) in [5.41, 5.74) is 0.922. The van der Waals surface area contributed by atoms with Crippen LogP contribution in [-0.4, -0.2) is 18.4 Å². The van der Waals surface area contributed by atoms with Crippen LogP contribution in [0.15, 0.2) is 30.3 Å². The average Bonchev–Trinajstić information content (AvgIpc) is 2.43. The number of benzene rings is 1. The molecule has 0 aromatic heterocycles. The van der Waals surface area contributed by atoms with Crippen LogP contribution in [0.4, 0.5) is 4.79 Å². The molecule has 1 aromatic rings. The summed E-state index contributed by atoms with van der Waals surface area (Å²) in [7, 11) is 0. The van der Waals surface area contributed by atoms with Gasteiger partial charge in [0.15, 0.2) is 5.78 Å². The number of rotatable bonds is 8. The maximum absolute atomic E-state index is 11.5. The highest BCUT2D eigenvalue weighted by atomic mass is 16.5. The second kappa shape index (κ2) is 9.13. The number of amides is 1. The van der Waals surface area contributed by atoms with Crippen molar-refractivity contribution in [3.63, 3.8) is 0 Å². The SMILES string of the molecule is CC(C)CCCC(=O)CNC(=O)OCc1ccccc1. The fourth-order valence-corrected chi connectivity index (χ4v) is 1.74. The lowest BCUT2D eigenvalue weighted by atomic mass is 10.1. The Morgan fingerprint density at radius 2 is 1.90 bits per heavy atom. The molecule has 0 unspecified atom stereocenters. The standard InChI is InChI=1S/C16H23NO3/c1-13(2)7-6-10-15(18)11-17-16(19)20-12-14-8-4-3-5-9-14/h3-5,8-9,13H,6-7,10-12H2,1-2H3,(H,17,19). The molecule has 0 bridgehead atoms. The van der Waals surface area contributed by atoms with E-state index in [-0.39, 0.29) is 18.9 Å². The molecule has 1 aromatic carbocycles. The zero-order valence-corrected chi connectivity index (χ0v) is 12.2. The van der Waals surface area contributed by atoms with Gasteiger partial charge in [0.05, 0.1) is 6.54 Å². The Labute approximate surface area is 120 Å². The van der Waals surface area contributed by atoms with Crippen molar-refractivity contribution in [3.05, 3.63) is 35.9 Å². The lowest BCUT2D eigenvalue weighted by molar-refractivity contribution is -0.118. The molecule has 0 aliphatic carbocycles. The average molecular weight is 277 g/mol. The van der Waals surface area contributed by atoms with Crippen molar-refractivity contribution in [2.75, 3.05) is 6.54 Å². The summed E-state index contributed by atoms with van der Waals surface area (Å²) in [5, 5.41) is 2.48. The summed E-state index contributed by atoms with van der Waals surface area (Å²) in [4.78, 5) is 23.0. The van der Waals surface area contributed by atoms with E-state index in [0.29, 0.717) is 12.3 Å². The van der Waals surface area contributed by atoms with Gasteiger partial charge in [0.1, 0.15) is 6.61 Å². The number of nitrogens with one attached hydrogen (secondary N) is 1. The van der Waals surface area contributed by atoms with Gasteiger partial charge in [-0.05, 0) is 17.9 Å². The molecule has 0 atom stereocenters. The van der Waals surface area contributed by atoms with Crippen LogP contribution < -0.4 is 5.32 Å². The number of hydrogen-bond donors (Lipinski definition) is 1. The van der Waals surface area contributed by atoms with E-state index < -0.39 is 6.09 Å². The number of hydrogen-bond acceptors (Lipinski definition) is 3. The minimum Gasteiger partial charge on any atom is -0.445 e. The largest absolute Gasteiger partial charge is 0.445 e. The monoisotopic (exact) mass is 277 g/mol. The first kappa shape index (κ1) is 16.2. The Hall–Kier alpha value is -1.84. The van der Waals surface area contributed by atoms with Gasteiger partial charge in [-0.2, -0.15) is 0 Å². The van der Waals surface area contributed by atoms with E-state index in [2.05, 4.69) is 19.2 Å². The Bertz CT molecular complexity index is 415. The highest BCUT2D eigenvalue weighted by molar-refractivity contribution is 5.83. The smallest absolute Gasteiger partial charge is 0.407 e. The van der Waals surface area contributed by atoms with E-state index in [1.165, 1.54) is 0 Å². The Morgan fingerprint density at radius 1 is 1.20 bits per heavy atom. The van der Waals surface area contributed by atoms with Gasteiger partial charge in [-0.3, -0.25) is 4.79 Å². The molecule has 0 fully saturated rings. The molecule has 0 aliphatic rings.